The van der Waals surface area contributed by atoms with Crippen LogP contribution in [-0.4, -0.2) is 42.3 Å². The van der Waals surface area contributed by atoms with Gasteiger partial charge in [0.15, 0.2) is 0 Å². The van der Waals surface area contributed by atoms with Gasteiger partial charge in [0.25, 0.3) is 0 Å². The number of amides is 1. The molecule has 2 heterocycles. The molecule has 25 heavy (non-hydrogen) atoms. The lowest BCUT2D eigenvalue weighted by molar-refractivity contribution is -0.137. The average Bonchev–Trinajstić information content (AvgIpc) is 3.04. The van der Waals surface area contributed by atoms with Crippen LogP contribution in [0.1, 0.15) is 51.5 Å². The van der Waals surface area contributed by atoms with Crippen LogP contribution >= 0.6 is 0 Å². The van der Waals surface area contributed by atoms with Crippen molar-refractivity contribution < 1.29 is 14.4 Å². The van der Waals surface area contributed by atoms with Crippen LogP contribution in [0.25, 0.3) is 0 Å². The maximum Gasteiger partial charge on any atom is 0.222 e. The van der Waals surface area contributed by atoms with E-state index in [1.807, 2.05) is 29.2 Å². The van der Waals surface area contributed by atoms with Crippen molar-refractivity contribution in [2.75, 3.05) is 20.2 Å². The Kier molecular flexibility index (Phi) is 5.30. The largest absolute Gasteiger partial charge is 0.497 e. The summed E-state index contributed by atoms with van der Waals surface area (Å²) in [6.45, 7) is 5.84. The van der Waals surface area contributed by atoms with Crippen LogP contribution in [0, 0.1) is 5.92 Å². The zero-order valence-corrected chi connectivity index (χ0v) is 15.5. The number of methoxy groups -OCH3 is 1. The quantitative estimate of drug-likeness (QED) is 0.820. The smallest absolute Gasteiger partial charge is 0.222 e. The highest BCUT2D eigenvalue weighted by atomic mass is 16.7. The summed E-state index contributed by atoms with van der Waals surface area (Å²) in [4.78, 5) is 20.1. The molecular weight excluding hydrogens is 316 g/mol. The van der Waals surface area contributed by atoms with Crippen molar-refractivity contribution in [1.29, 1.82) is 0 Å². The highest BCUT2D eigenvalue weighted by Crippen LogP contribution is 2.36. The van der Waals surface area contributed by atoms with E-state index >= 15 is 0 Å². The Balaban J connectivity index is 1.53. The van der Waals surface area contributed by atoms with Crippen molar-refractivity contribution in [3.8, 4) is 5.75 Å². The van der Waals surface area contributed by atoms with Gasteiger partial charge in [-0.25, -0.2) is 0 Å². The highest BCUT2D eigenvalue weighted by Gasteiger charge is 2.43. The topological polar surface area (TPSA) is 51.1 Å². The van der Waals surface area contributed by atoms with Crippen molar-refractivity contribution in [2.45, 2.75) is 51.6 Å². The minimum Gasteiger partial charge on any atom is -0.497 e. The molecule has 1 fully saturated rings. The number of hydrogen-bond acceptors (Lipinski definition) is 4. The van der Waals surface area contributed by atoms with Crippen LogP contribution in [-0.2, 0) is 9.63 Å². The summed E-state index contributed by atoms with van der Waals surface area (Å²) in [5.74, 6) is 1.68. The predicted octanol–water partition coefficient (Wildman–Crippen LogP) is 3.62. The lowest BCUT2D eigenvalue weighted by Gasteiger charge is -2.37. The van der Waals surface area contributed by atoms with Crippen molar-refractivity contribution in [3.63, 3.8) is 0 Å². The number of piperidine rings is 1. The van der Waals surface area contributed by atoms with Crippen molar-refractivity contribution in [1.82, 2.24) is 4.90 Å². The van der Waals surface area contributed by atoms with Crippen molar-refractivity contribution in [3.05, 3.63) is 29.8 Å². The Hall–Kier alpha value is -2.04. The average molecular weight is 344 g/mol. The third-order valence-electron chi connectivity index (χ3n) is 5.23. The zero-order chi connectivity index (χ0) is 17.9. The van der Waals surface area contributed by atoms with Gasteiger partial charge in [-0.2, -0.15) is 0 Å². The standard InChI is InChI=1S/C20H28N2O3/c1-15(2)4-9-19(23)22-12-10-20(11-13-22)14-18(21-25-20)16-5-7-17(24-3)8-6-16/h5-8,15H,4,9-14H2,1-3H3. The van der Waals surface area contributed by atoms with Gasteiger partial charge in [-0.1, -0.05) is 19.0 Å². The van der Waals surface area contributed by atoms with Crippen LogP contribution in [0.4, 0.5) is 0 Å². The van der Waals surface area contributed by atoms with Gasteiger partial charge >= 0.3 is 0 Å². The molecule has 5 nitrogen and oxygen atoms in total. The van der Waals surface area contributed by atoms with Gasteiger partial charge in [0.2, 0.25) is 5.91 Å². The summed E-state index contributed by atoms with van der Waals surface area (Å²) < 4.78 is 5.20. The predicted molar refractivity (Wildman–Crippen MR) is 97.9 cm³/mol. The fraction of sp³-hybridized carbons (Fsp3) is 0.600. The van der Waals surface area contributed by atoms with E-state index < -0.39 is 0 Å². The summed E-state index contributed by atoms with van der Waals surface area (Å²) in [7, 11) is 1.66. The summed E-state index contributed by atoms with van der Waals surface area (Å²) in [6.07, 6.45) is 4.13. The number of carbonyl (C=O) groups excluding carboxylic acids is 1. The minimum atomic E-state index is -0.232. The second-order valence-electron chi connectivity index (χ2n) is 7.53. The zero-order valence-electron chi connectivity index (χ0n) is 15.5. The minimum absolute atomic E-state index is 0.232. The Morgan fingerprint density at radius 3 is 2.56 bits per heavy atom. The lowest BCUT2D eigenvalue weighted by Crippen LogP contribution is -2.46. The van der Waals surface area contributed by atoms with Crippen LogP contribution in [0.5, 0.6) is 5.75 Å². The van der Waals surface area contributed by atoms with Gasteiger partial charge < -0.3 is 14.5 Å². The Morgan fingerprint density at radius 2 is 1.96 bits per heavy atom. The van der Waals surface area contributed by atoms with Gasteiger partial charge in [0, 0.05) is 38.8 Å². The van der Waals surface area contributed by atoms with Gasteiger partial charge in [-0.15, -0.1) is 0 Å². The molecule has 0 N–H and O–H groups in total. The molecular formula is C20H28N2O3. The van der Waals surface area contributed by atoms with E-state index in [0.29, 0.717) is 12.3 Å². The molecule has 0 atom stereocenters. The molecule has 1 amide bonds. The molecule has 0 saturated carbocycles. The van der Waals surface area contributed by atoms with E-state index in [9.17, 15) is 4.79 Å². The van der Waals surface area contributed by atoms with E-state index in [-0.39, 0.29) is 11.5 Å². The van der Waals surface area contributed by atoms with Crippen molar-refractivity contribution >= 4 is 11.6 Å². The molecule has 3 rings (SSSR count). The molecule has 1 spiro atoms. The fourth-order valence-electron chi connectivity index (χ4n) is 3.46. The normalized spacial score (nSPS) is 19.0. The van der Waals surface area contributed by atoms with Gasteiger partial charge in [0.05, 0.1) is 12.8 Å². The van der Waals surface area contributed by atoms with Crippen LogP contribution in [0.2, 0.25) is 0 Å². The van der Waals surface area contributed by atoms with Crippen LogP contribution in [0.3, 0.4) is 0 Å². The van der Waals surface area contributed by atoms with E-state index in [1.54, 1.807) is 7.11 Å². The molecule has 0 radical (unpaired) electrons. The van der Waals surface area contributed by atoms with E-state index in [1.165, 1.54) is 0 Å². The molecule has 0 aromatic heterocycles. The monoisotopic (exact) mass is 344 g/mol. The Morgan fingerprint density at radius 1 is 1.28 bits per heavy atom. The molecule has 0 aliphatic carbocycles. The molecule has 0 bridgehead atoms. The number of nitrogens with zero attached hydrogens (tertiary/aromatic N) is 2. The molecule has 2 aliphatic rings. The number of likely N-dealkylation sites (tertiary alicyclic amines) is 1. The summed E-state index contributed by atoms with van der Waals surface area (Å²) in [5.41, 5.74) is 1.83. The number of carbonyl (C=O) groups is 1. The van der Waals surface area contributed by atoms with Gasteiger partial charge in [0.1, 0.15) is 11.4 Å². The highest BCUT2D eigenvalue weighted by molar-refractivity contribution is 6.01. The molecule has 5 heteroatoms. The molecule has 0 unspecified atom stereocenters. The first-order chi connectivity index (χ1) is 12.0. The number of benzene rings is 1. The number of hydrogen-bond donors (Lipinski definition) is 0. The van der Waals surface area contributed by atoms with Gasteiger partial charge in [-0.3, -0.25) is 4.79 Å². The molecule has 136 valence electrons. The fourth-order valence-corrected chi connectivity index (χ4v) is 3.46. The Bertz CT molecular complexity index is 629. The third kappa shape index (κ3) is 4.14. The van der Waals surface area contributed by atoms with E-state index in [0.717, 1.165) is 55.8 Å². The first-order valence-corrected chi connectivity index (χ1v) is 9.18. The first-order valence-electron chi connectivity index (χ1n) is 9.18. The first kappa shape index (κ1) is 17.8. The van der Waals surface area contributed by atoms with Crippen LogP contribution in [0.15, 0.2) is 29.4 Å². The number of rotatable bonds is 5. The van der Waals surface area contributed by atoms with Crippen molar-refractivity contribution in [2.24, 2.45) is 11.1 Å². The number of oxime groups is 1. The van der Waals surface area contributed by atoms with Gasteiger partial charge in [-0.05, 0) is 42.2 Å². The molecule has 1 aromatic carbocycles. The third-order valence-corrected chi connectivity index (χ3v) is 5.23. The second kappa shape index (κ2) is 7.46. The SMILES string of the molecule is COc1ccc(C2=NOC3(CCN(C(=O)CCC(C)C)CC3)C2)cc1. The maximum atomic E-state index is 12.3. The molecule has 1 saturated heterocycles. The second-order valence-corrected chi connectivity index (χ2v) is 7.53. The molecule has 1 aromatic rings. The van der Waals surface area contributed by atoms with E-state index in [2.05, 4.69) is 19.0 Å². The summed E-state index contributed by atoms with van der Waals surface area (Å²) in [5, 5.41) is 4.34. The number of ether oxygens (including phenoxy) is 1. The summed E-state index contributed by atoms with van der Waals surface area (Å²) >= 11 is 0. The van der Waals surface area contributed by atoms with E-state index in [4.69, 9.17) is 9.57 Å². The molecule has 2 aliphatic heterocycles. The Labute approximate surface area is 150 Å². The summed E-state index contributed by atoms with van der Waals surface area (Å²) in [6, 6.07) is 7.92. The maximum absolute atomic E-state index is 12.3. The lowest BCUT2D eigenvalue weighted by atomic mass is 9.85. The van der Waals surface area contributed by atoms with Crippen LogP contribution < -0.4 is 4.74 Å².